The van der Waals surface area contributed by atoms with Gasteiger partial charge in [-0.15, -0.1) is 0 Å². The topological polar surface area (TPSA) is 83.1 Å². The van der Waals surface area contributed by atoms with Crippen LogP contribution < -0.4 is 15.5 Å². The Morgan fingerprint density at radius 3 is 2.51 bits per heavy atom. The lowest BCUT2D eigenvalue weighted by Crippen LogP contribution is -2.52. The Labute approximate surface area is 207 Å². The third-order valence-electron chi connectivity index (χ3n) is 6.61. The van der Waals surface area contributed by atoms with Gasteiger partial charge in [0.05, 0.1) is 6.04 Å². The normalized spacial score (nSPS) is 20.3. The van der Waals surface area contributed by atoms with E-state index in [-0.39, 0.29) is 12.6 Å². The molecule has 0 aromatic heterocycles. The summed E-state index contributed by atoms with van der Waals surface area (Å²) < 4.78 is 10.8. The van der Waals surface area contributed by atoms with Crippen molar-refractivity contribution in [1.82, 2.24) is 10.2 Å². The van der Waals surface area contributed by atoms with E-state index < -0.39 is 18.3 Å². The first-order chi connectivity index (χ1) is 17.1. The zero-order chi connectivity index (χ0) is 24.5. The summed E-state index contributed by atoms with van der Waals surface area (Å²) >= 11 is 0. The summed E-state index contributed by atoms with van der Waals surface area (Å²) in [7, 11) is 0. The molecule has 0 unspecified atom stereocenters. The molecule has 8 nitrogen and oxygen atoms in total. The standard InChI is InChI=1S/C27H36N4O4/c1-2-3-5-8-21-11-13-22(14-12-21)28-26(32)34-20-25-24(29-27(33)35-25)19-30-15-17-31(18-16-30)23-9-6-4-7-10-23/h4,6-7,9-14,24-25H,2-3,5,8,15-20H2,1H3,(H,28,32)(H,29,33)/t24-,25-/m1/s1. The number of amides is 2. The van der Waals surface area contributed by atoms with Gasteiger partial charge in [0.2, 0.25) is 0 Å². The number of benzene rings is 2. The lowest BCUT2D eigenvalue weighted by molar-refractivity contribution is 0.0618. The number of hydrogen-bond acceptors (Lipinski definition) is 6. The van der Waals surface area contributed by atoms with Crippen LogP contribution in [0.15, 0.2) is 54.6 Å². The number of alkyl carbamates (subject to hydrolysis) is 1. The molecule has 2 fully saturated rings. The summed E-state index contributed by atoms with van der Waals surface area (Å²) in [4.78, 5) is 28.9. The molecule has 2 N–H and O–H groups in total. The number of rotatable bonds is 10. The van der Waals surface area contributed by atoms with Gasteiger partial charge in [-0.1, -0.05) is 50.1 Å². The number of anilines is 2. The lowest BCUT2D eigenvalue weighted by Gasteiger charge is -2.37. The molecule has 2 atom stereocenters. The molecule has 2 aromatic rings. The van der Waals surface area contributed by atoms with Gasteiger partial charge in [-0.25, -0.2) is 9.59 Å². The predicted molar refractivity (Wildman–Crippen MR) is 137 cm³/mol. The SMILES string of the molecule is CCCCCc1ccc(NC(=O)OC[C@H]2OC(=O)N[C@@H]2CN2CCN(c3ccccc3)CC2)cc1. The molecule has 2 saturated heterocycles. The minimum absolute atomic E-state index is 0.00826. The van der Waals surface area contributed by atoms with Crippen LogP contribution in [0.5, 0.6) is 0 Å². The average Bonchev–Trinajstić information content (AvgIpc) is 3.23. The Bertz CT molecular complexity index is 945. The van der Waals surface area contributed by atoms with E-state index in [1.54, 1.807) is 0 Å². The van der Waals surface area contributed by atoms with Crippen LogP contribution in [0.25, 0.3) is 0 Å². The number of aryl methyl sites for hydroxylation is 1. The first-order valence-electron chi connectivity index (χ1n) is 12.6. The Morgan fingerprint density at radius 2 is 1.80 bits per heavy atom. The van der Waals surface area contributed by atoms with Crippen molar-refractivity contribution < 1.29 is 19.1 Å². The molecule has 35 heavy (non-hydrogen) atoms. The second-order valence-electron chi connectivity index (χ2n) is 9.20. The average molecular weight is 481 g/mol. The molecular formula is C27H36N4O4. The largest absolute Gasteiger partial charge is 0.445 e. The van der Waals surface area contributed by atoms with Crippen molar-refractivity contribution in [2.24, 2.45) is 0 Å². The maximum Gasteiger partial charge on any atom is 0.411 e. The van der Waals surface area contributed by atoms with E-state index in [0.29, 0.717) is 12.2 Å². The maximum atomic E-state index is 12.3. The van der Waals surface area contributed by atoms with E-state index in [1.807, 2.05) is 30.3 Å². The van der Waals surface area contributed by atoms with E-state index in [4.69, 9.17) is 9.47 Å². The van der Waals surface area contributed by atoms with Crippen LogP contribution in [-0.2, 0) is 15.9 Å². The molecule has 0 bridgehead atoms. The Balaban J connectivity index is 1.20. The maximum absolute atomic E-state index is 12.3. The van der Waals surface area contributed by atoms with Gasteiger partial charge in [-0.05, 0) is 42.7 Å². The van der Waals surface area contributed by atoms with Gasteiger partial charge in [-0.3, -0.25) is 10.2 Å². The van der Waals surface area contributed by atoms with Gasteiger partial charge < -0.3 is 19.7 Å². The Kier molecular flexibility index (Phi) is 8.84. The third-order valence-corrected chi connectivity index (χ3v) is 6.61. The zero-order valence-corrected chi connectivity index (χ0v) is 20.4. The number of nitrogens with zero attached hydrogens (tertiary/aromatic N) is 2. The highest BCUT2D eigenvalue weighted by atomic mass is 16.6. The molecular weight excluding hydrogens is 444 g/mol. The molecule has 0 spiro atoms. The molecule has 2 aliphatic heterocycles. The highest BCUT2D eigenvalue weighted by Crippen LogP contribution is 2.18. The summed E-state index contributed by atoms with van der Waals surface area (Å²) in [5.41, 5.74) is 3.17. The minimum atomic E-state index is -0.554. The van der Waals surface area contributed by atoms with Crippen LogP contribution in [-0.4, -0.2) is 68.6 Å². The summed E-state index contributed by atoms with van der Waals surface area (Å²) in [6.07, 6.45) is 3.10. The van der Waals surface area contributed by atoms with E-state index in [0.717, 1.165) is 32.6 Å². The fraction of sp³-hybridized carbons (Fsp3) is 0.481. The molecule has 2 heterocycles. The van der Waals surface area contributed by atoms with Gasteiger partial charge >= 0.3 is 12.2 Å². The van der Waals surface area contributed by atoms with Crippen molar-refractivity contribution in [2.45, 2.75) is 44.8 Å². The minimum Gasteiger partial charge on any atom is -0.445 e. The van der Waals surface area contributed by atoms with Crippen molar-refractivity contribution in [3.63, 3.8) is 0 Å². The molecule has 2 aliphatic rings. The van der Waals surface area contributed by atoms with Crippen molar-refractivity contribution in [1.29, 1.82) is 0 Å². The smallest absolute Gasteiger partial charge is 0.411 e. The molecule has 0 radical (unpaired) electrons. The van der Waals surface area contributed by atoms with Crippen LogP contribution in [0, 0.1) is 0 Å². The quantitative estimate of drug-likeness (QED) is 0.494. The second-order valence-corrected chi connectivity index (χ2v) is 9.20. The second kappa shape index (κ2) is 12.4. The van der Waals surface area contributed by atoms with Gasteiger partial charge in [0.15, 0.2) is 6.10 Å². The fourth-order valence-corrected chi connectivity index (χ4v) is 4.56. The number of hydrogen-bond donors (Lipinski definition) is 2. The van der Waals surface area contributed by atoms with E-state index in [9.17, 15) is 9.59 Å². The van der Waals surface area contributed by atoms with E-state index in [2.05, 4.69) is 51.6 Å². The van der Waals surface area contributed by atoms with Crippen molar-refractivity contribution in [3.8, 4) is 0 Å². The fourth-order valence-electron chi connectivity index (χ4n) is 4.56. The van der Waals surface area contributed by atoms with Gasteiger partial charge in [0, 0.05) is 44.1 Å². The predicted octanol–water partition coefficient (Wildman–Crippen LogP) is 4.27. The van der Waals surface area contributed by atoms with Crippen LogP contribution >= 0.6 is 0 Å². The van der Waals surface area contributed by atoms with Crippen molar-refractivity contribution in [2.75, 3.05) is 49.5 Å². The molecule has 2 aromatic carbocycles. The first kappa shape index (κ1) is 24.9. The molecule has 0 saturated carbocycles. The molecule has 4 rings (SSSR count). The number of para-hydroxylation sites is 1. The van der Waals surface area contributed by atoms with Crippen LogP contribution in [0.1, 0.15) is 31.7 Å². The van der Waals surface area contributed by atoms with Crippen LogP contribution in [0.3, 0.4) is 0 Å². The zero-order valence-electron chi connectivity index (χ0n) is 20.4. The highest BCUT2D eigenvalue weighted by Gasteiger charge is 2.36. The van der Waals surface area contributed by atoms with Crippen LogP contribution in [0.4, 0.5) is 21.0 Å². The number of piperazine rings is 1. The van der Waals surface area contributed by atoms with Gasteiger partial charge in [-0.2, -0.15) is 0 Å². The Morgan fingerprint density at radius 1 is 1.06 bits per heavy atom. The Hall–Kier alpha value is -3.26. The molecule has 188 valence electrons. The first-order valence-corrected chi connectivity index (χ1v) is 12.6. The molecule has 2 amide bonds. The highest BCUT2D eigenvalue weighted by molar-refractivity contribution is 5.84. The summed E-state index contributed by atoms with van der Waals surface area (Å²) in [5, 5.41) is 5.62. The van der Waals surface area contributed by atoms with Gasteiger partial charge in [0.1, 0.15) is 6.61 Å². The number of cyclic esters (lactones) is 1. The van der Waals surface area contributed by atoms with Crippen LogP contribution in [0.2, 0.25) is 0 Å². The van der Waals surface area contributed by atoms with E-state index in [1.165, 1.54) is 30.5 Å². The number of unbranched alkanes of at least 4 members (excludes halogenated alkanes) is 2. The lowest BCUT2D eigenvalue weighted by atomic mass is 10.1. The number of carbonyl (C=O) groups excluding carboxylic acids is 2. The van der Waals surface area contributed by atoms with Crippen molar-refractivity contribution in [3.05, 3.63) is 60.2 Å². The summed E-state index contributed by atoms with van der Waals surface area (Å²) in [5.74, 6) is 0. The number of carbonyl (C=O) groups is 2. The molecule has 0 aliphatic carbocycles. The van der Waals surface area contributed by atoms with E-state index >= 15 is 0 Å². The molecule has 8 heteroatoms. The number of ether oxygens (including phenoxy) is 2. The summed E-state index contributed by atoms with van der Waals surface area (Å²) in [6.45, 7) is 6.49. The van der Waals surface area contributed by atoms with Crippen molar-refractivity contribution >= 4 is 23.6 Å². The number of nitrogens with one attached hydrogen (secondary N) is 2. The third kappa shape index (κ3) is 7.36. The monoisotopic (exact) mass is 480 g/mol. The summed E-state index contributed by atoms with van der Waals surface area (Å²) in [6, 6.07) is 18.0. The van der Waals surface area contributed by atoms with Gasteiger partial charge in [0.25, 0.3) is 0 Å².